The zero-order valence-electron chi connectivity index (χ0n) is 10.3. The van der Waals surface area contributed by atoms with Crippen molar-refractivity contribution in [2.24, 2.45) is 0 Å². The van der Waals surface area contributed by atoms with Crippen LogP contribution in [0.15, 0.2) is 55.6 Å². The molecule has 2 aromatic rings. The third-order valence-corrected chi connectivity index (χ3v) is 2.37. The summed E-state index contributed by atoms with van der Waals surface area (Å²) in [5, 5.41) is 0. The molecule has 2 heterocycles. The number of nitrogen functional groups attached to an aromatic ring is 1. The molecule has 0 bridgehead atoms. The predicted octanol–water partition coefficient (Wildman–Crippen LogP) is 2.86. The minimum Gasteiger partial charge on any atom is -0.453 e. The topological polar surface area (TPSA) is 52.5 Å². The second kappa shape index (κ2) is 4.79. The molecule has 0 spiro atoms. The molecular formula is C14H15N3O. The Balaban J connectivity index is 2.52. The van der Waals surface area contributed by atoms with E-state index in [1.54, 1.807) is 30.5 Å². The molecule has 0 unspecified atom stereocenters. The maximum atomic E-state index is 5.83. The summed E-state index contributed by atoms with van der Waals surface area (Å²) in [5.74, 6) is 1.19. The quantitative estimate of drug-likeness (QED) is 0.661. The van der Waals surface area contributed by atoms with Gasteiger partial charge in [0.25, 0.3) is 0 Å². The molecule has 0 atom stereocenters. The number of aromatic nitrogens is 2. The average Bonchev–Trinajstić information content (AvgIpc) is 2.68. The van der Waals surface area contributed by atoms with Crippen LogP contribution in [0.1, 0.15) is 5.69 Å². The van der Waals surface area contributed by atoms with Crippen molar-refractivity contribution in [3.05, 3.63) is 61.3 Å². The number of allylic oxidation sites excluding steroid dienone is 3. The van der Waals surface area contributed by atoms with Crippen LogP contribution in [0.4, 0.5) is 5.69 Å². The monoisotopic (exact) mass is 241 g/mol. The minimum atomic E-state index is 0.594. The molecule has 4 nitrogen and oxygen atoms in total. The summed E-state index contributed by atoms with van der Waals surface area (Å²) < 4.78 is 7.56. The van der Waals surface area contributed by atoms with Crippen LogP contribution in [0, 0.1) is 6.92 Å². The van der Waals surface area contributed by atoms with Crippen molar-refractivity contribution in [2.75, 3.05) is 5.73 Å². The zero-order chi connectivity index (χ0) is 13.1. The lowest BCUT2D eigenvalue weighted by Crippen LogP contribution is -1.97. The number of imidazole rings is 1. The normalized spacial score (nSPS) is 11.5. The highest BCUT2D eigenvalue weighted by molar-refractivity contribution is 5.61. The molecule has 0 saturated heterocycles. The number of hydrogen-bond acceptors (Lipinski definition) is 3. The number of hydrogen-bond donors (Lipinski definition) is 1. The first-order chi connectivity index (χ1) is 8.63. The summed E-state index contributed by atoms with van der Waals surface area (Å²) in [6.07, 6.45) is 8.66. The van der Waals surface area contributed by atoms with Gasteiger partial charge >= 0.3 is 0 Å². The van der Waals surface area contributed by atoms with Gasteiger partial charge in [0, 0.05) is 18.5 Å². The molecule has 2 aromatic heterocycles. The standard InChI is InChI=1S/C14H15N3O/c1-4-6-12(5-2)18-13-7-11(15)9-17-8-10(3)16-14(13)17/h4-9H,1-2,15H2,3H3/b12-6+. The lowest BCUT2D eigenvalue weighted by Gasteiger charge is -2.08. The molecule has 0 aromatic carbocycles. The van der Waals surface area contributed by atoms with Gasteiger partial charge in [0.05, 0.1) is 11.4 Å². The summed E-state index contributed by atoms with van der Waals surface area (Å²) in [7, 11) is 0. The van der Waals surface area contributed by atoms with E-state index in [1.165, 1.54) is 0 Å². The first-order valence-electron chi connectivity index (χ1n) is 5.52. The number of pyridine rings is 1. The van der Waals surface area contributed by atoms with Gasteiger partial charge in [0.2, 0.25) is 0 Å². The van der Waals surface area contributed by atoms with Gasteiger partial charge in [-0.15, -0.1) is 0 Å². The SMILES string of the molecule is C=C/C=C(\C=C)Oc1cc(N)cn2cc(C)nc12. The van der Waals surface area contributed by atoms with E-state index in [-0.39, 0.29) is 0 Å². The van der Waals surface area contributed by atoms with E-state index in [1.807, 2.05) is 17.5 Å². The van der Waals surface area contributed by atoms with E-state index >= 15 is 0 Å². The Hall–Kier alpha value is -2.49. The van der Waals surface area contributed by atoms with Gasteiger partial charge in [0.15, 0.2) is 11.4 Å². The van der Waals surface area contributed by atoms with Crippen LogP contribution in [0.2, 0.25) is 0 Å². The molecule has 0 aliphatic carbocycles. The molecule has 0 saturated carbocycles. The second-order valence-electron chi connectivity index (χ2n) is 3.86. The van der Waals surface area contributed by atoms with Crippen LogP contribution in [0.25, 0.3) is 5.65 Å². The fourth-order valence-electron chi connectivity index (χ4n) is 1.67. The van der Waals surface area contributed by atoms with Gasteiger partial charge in [0.1, 0.15) is 5.76 Å². The summed E-state index contributed by atoms with van der Waals surface area (Å²) in [6.45, 7) is 9.23. The molecule has 0 amide bonds. The van der Waals surface area contributed by atoms with Gasteiger partial charge < -0.3 is 14.9 Å². The van der Waals surface area contributed by atoms with E-state index in [0.29, 0.717) is 17.2 Å². The summed E-state index contributed by atoms with van der Waals surface area (Å²) >= 11 is 0. The van der Waals surface area contributed by atoms with Gasteiger partial charge in [-0.1, -0.05) is 19.2 Å². The number of ether oxygens (including phenoxy) is 1. The molecular weight excluding hydrogens is 226 g/mol. The number of aryl methyl sites for hydroxylation is 1. The van der Waals surface area contributed by atoms with E-state index in [2.05, 4.69) is 18.1 Å². The Morgan fingerprint density at radius 1 is 1.44 bits per heavy atom. The molecule has 0 radical (unpaired) electrons. The second-order valence-corrected chi connectivity index (χ2v) is 3.86. The van der Waals surface area contributed by atoms with Crippen LogP contribution in [-0.4, -0.2) is 9.38 Å². The van der Waals surface area contributed by atoms with E-state index in [9.17, 15) is 0 Å². The van der Waals surface area contributed by atoms with Gasteiger partial charge in [-0.25, -0.2) is 4.98 Å². The van der Waals surface area contributed by atoms with E-state index in [4.69, 9.17) is 10.5 Å². The molecule has 0 fully saturated rings. The molecule has 92 valence electrons. The largest absolute Gasteiger partial charge is 0.453 e. The van der Waals surface area contributed by atoms with E-state index < -0.39 is 0 Å². The number of rotatable bonds is 4. The first kappa shape index (κ1) is 12.0. The van der Waals surface area contributed by atoms with Gasteiger partial charge in [-0.3, -0.25) is 0 Å². The molecule has 2 N–H and O–H groups in total. The van der Waals surface area contributed by atoms with Crippen molar-refractivity contribution in [1.29, 1.82) is 0 Å². The average molecular weight is 241 g/mol. The molecule has 0 aliphatic heterocycles. The van der Waals surface area contributed by atoms with Crippen LogP contribution in [0.5, 0.6) is 5.75 Å². The number of nitrogens with zero attached hydrogens (tertiary/aromatic N) is 2. The maximum Gasteiger partial charge on any atom is 0.180 e. The third-order valence-electron chi connectivity index (χ3n) is 2.37. The first-order valence-corrected chi connectivity index (χ1v) is 5.52. The van der Waals surface area contributed by atoms with Crippen molar-refractivity contribution in [2.45, 2.75) is 6.92 Å². The smallest absolute Gasteiger partial charge is 0.180 e. The lowest BCUT2D eigenvalue weighted by atomic mass is 10.3. The van der Waals surface area contributed by atoms with Crippen molar-refractivity contribution >= 4 is 11.3 Å². The Morgan fingerprint density at radius 3 is 2.89 bits per heavy atom. The lowest BCUT2D eigenvalue weighted by molar-refractivity contribution is 0.447. The molecule has 18 heavy (non-hydrogen) atoms. The van der Waals surface area contributed by atoms with Crippen LogP contribution < -0.4 is 10.5 Å². The Labute approximate surface area is 106 Å². The number of fused-ring (bicyclic) bond motifs is 1. The number of nitrogens with two attached hydrogens (primary N) is 1. The Kier molecular flexibility index (Phi) is 3.19. The van der Waals surface area contributed by atoms with Crippen molar-refractivity contribution in [3.63, 3.8) is 0 Å². The highest BCUT2D eigenvalue weighted by atomic mass is 16.5. The molecule has 2 rings (SSSR count). The van der Waals surface area contributed by atoms with E-state index in [0.717, 1.165) is 11.3 Å². The fraction of sp³-hybridized carbons (Fsp3) is 0.0714. The summed E-state index contributed by atoms with van der Waals surface area (Å²) in [6, 6.07) is 1.74. The van der Waals surface area contributed by atoms with Crippen molar-refractivity contribution in [3.8, 4) is 5.75 Å². The summed E-state index contributed by atoms with van der Waals surface area (Å²) in [5.41, 5.74) is 8.06. The van der Waals surface area contributed by atoms with Gasteiger partial charge in [-0.2, -0.15) is 0 Å². The van der Waals surface area contributed by atoms with Crippen molar-refractivity contribution in [1.82, 2.24) is 9.38 Å². The van der Waals surface area contributed by atoms with Gasteiger partial charge in [-0.05, 0) is 19.1 Å². The van der Waals surface area contributed by atoms with Crippen LogP contribution in [-0.2, 0) is 0 Å². The van der Waals surface area contributed by atoms with Crippen LogP contribution >= 0.6 is 0 Å². The highest BCUT2D eigenvalue weighted by Crippen LogP contribution is 2.24. The maximum absolute atomic E-state index is 5.83. The minimum absolute atomic E-state index is 0.594. The Morgan fingerprint density at radius 2 is 2.22 bits per heavy atom. The zero-order valence-corrected chi connectivity index (χ0v) is 10.3. The number of anilines is 1. The predicted molar refractivity (Wildman–Crippen MR) is 73.4 cm³/mol. The highest BCUT2D eigenvalue weighted by Gasteiger charge is 2.08. The van der Waals surface area contributed by atoms with Crippen molar-refractivity contribution < 1.29 is 4.74 Å². The van der Waals surface area contributed by atoms with Crippen LogP contribution in [0.3, 0.4) is 0 Å². The fourth-order valence-corrected chi connectivity index (χ4v) is 1.67. The summed E-state index contributed by atoms with van der Waals surface area (Å²) in [4.78, 5) is 4.40. The molecule has 0 aliphatic rings. The Bertz CT molecular complexity index is 638. The molecule has 4 heteroatoms. The third kappa shape index (κ3) is 2.27.